The number of hydrogen-bond donors (Lipinski definition) is 1. The lowest BCUT2D eigenvalue weighted by Crippen LogP contribution is -1.87. The average molecular weight is 254 g/mol. The number of hydrogen-bond acceptors (Lipinski definition) is 2. The van der Waals surface area contributed by atoms with E-state index in [0.29, 0.717) is 24.0 Å². The highest BCUT2D eigenvalue weighted by Gasteiger charge is 2.03. The van der Waals surface area contributed by atoms with Crippen LogP contribution in [-0.2, 0) is 0 Å². The summed E-state index contributed by atoms with van der Waals surface area (Å²) in [5, 5.41) is 17.4. The maximum absolute atomic E-state index is 9.46. The standard InChI is InChI=1S/C10H14O.C4H6ClN/c1-7(2)9-5-4-8(3)6-10(9)11;5-3-1-2-4-6/h4-7,11H,1-3H3;1-3H2. The van der Waals surface area contributed by atoms with Crippen LogP contribution in [0.25, 0.3) is 0 Å². The molecule has 0 bridgehead atoms. The van der Waals surface area contributed by atoms with Crippen LogP contribution in [0, 0.1) is 18.3 Å². The summed E-state index contributed by atoms with van der Waals surface area (Å²) in [4.78, 5) is 0. The normalized spacial score (nSPS) is 9.41. The SMILES string of the molecule is Cc1ccc(C(C)C)c(O)c1.N#CCCCCl. The molecular formula is C14H20ClNO. The Morgan fingerprint density at radius 1 is 1.41 bits per heavy atom. The molecule has 0 aliphatic carbocycles. The Labute approximate surface area is 109 Å². The number of alkyl halides is 1. The van der Waals surface area contributed by atoms with Crippen molar-refractivity contribution in [3.05, 3.63) is 29.3 Å². The zero-order valence-corrected chi connectivity index (χ0v) is 11.5. The molecule has 0 aliphatic heterocycles. The Hall–Kier alpha value is -1.20. The van der Waals surface area contributed by atoms with Gasteiger partial charge in [0.05, 0.1) is 6.07 Å². The van der Waals surface area contributed by atoms with Gasteiger partial charge in [-0.05, 0) is 36.5 Å². The van der Waals surface area contributed by atoms with E-state index in [-0.39, 0.29) is 0 Å². The van der Waals surface area contributed by atoms with E-state index in [1.54, 1.807) is 6.07 Å². The second kappa shape index (κ2) is 8.90. The molecule has 0 saturated carbocycles. The molecule has 3 heteroatoms. The fourth-order valence-corrected chi connectivity index (χ4v) is 1.42. The maximum atomic E-state index is 9.46. The highest BCUT2D eigenvalue weighted by atomic mass is 35.5. The molecule has 0 atom stereocenters. The first-order valence-electron chi connectivity index (χ1n) is 5.75. The van der Waals surface area contributed by atoms with E-state index in [2.05, 4.69) is 13.8 Å². The van der Waals surface area contributed by atoms with E-state index in [0.717, 1.165) is 17.5 Å². The lowest BCUT2D eigenvalue weighted by Gasteiger charge is -2.07. The van der Waals surface area contributed by atoms with Crippen LogP contribution >= 0.6 is 11.6 Å². The number of benzene rings is 1. The van der Waals surface area contributed by atoms with Gasteiger partial charge in [0.2, 0.25) is 0 Å². The van der Waals surface area contributed by atoms with Crippen LogP contribution in [-0.4, -0.2) is 11.0 Å². The Balaban J connectivity index is 0.000000366. The van der Waals surface area contributed by atoms with Gasteiger partial charge in [0.15, 0.2) is 0 Å². The molecule has 0 saturated heterocycles. The summed E-state index contributed by atoms with van der Waals surface area (Å²) in [6.45, 7) is 6.12. The second-order valence-electron chi connectivity index (χ2n) is 4.17. The van der Waals surface area contributed by atoms with E-state index in [9.17, 15) is 5.11 Å². The summed E-state index contributed by atoms with van der Waals surface area (Å²) < 4.78 is 0. The minimum atomic E-state index is 0.399. The number of aryl methyl sites for hydroxylation is 1. The van der Waals surface area contributed by atoms with Crippen molar-refractivity contribution < 1.29 is 5.11 Å². The van der Waals surface area contributed by atoms with E-state index >= 15 is 0 Å². The van der Waals surface area contributed by atoms with Crippen LogP contribution < -0.4 is 0 Å². The van der Waals surface area contributed by atoms with Crippen molar-refractivity contribution in [3.63, 3.8) is 0 Å². The number of aromatic hydroxyl groups is 1. The third-order valence-electron chi connectivity index (χ3n) is 2.23. The van der Waals surface area contributed by atoms with Gasteiger partial charge in [-0.3, -0.25) is 0 Å². The van der Waals surface area contributed by atoms with Gasteiger partial charge in [-0.25, -0.2) is 0 Å². The van der Waals surface area contributed by atoms with Gasteiger partial charge >= 0.3 is 0 Å². The van der Waals surface area contributed by atoms with Crippen LogP contribution in [0.5, 0.6) is 5.75 Å². The van der Waals surface area contributed by atoms with Crippen LogP contribution in [0.1, 0.15) is 43.7 Å². The summed E-state index contributed by atoms with van der Waals surface area (Å²) >= 11 is 5.23. The molecule has 0 unspecified atom stereocenters. The largest absolute Gasteiger partial charge is 0.508 e. The van der Waals surface area contributed by atoms with Crippen LogP contribution in [0.4, 0.5) is 0 Å². The Bertz CT molecular complexity index is 369. The van der Waals surface area contributed by atoms with E-state index in [4.69, 9.17) is 16.9 Å². The monoisotopic (exact) mass is 253 g/mol. The molecule has 0 spiro atoms. The number of rotatable bonds is 3. The molecule has 94 valence electrons. The third kappa shape index (κ3) is 6.86. The van der Waals surface area contributed by atoms with Gasteiger partial charge in [-0.2, -0.15) is 5.26 Å². The average Bonchev–Trinajstić information content (AvgIpc) is 2.26. The zero-order chi connectivity index (χ0) is 13.3. The fourth-order valence-electron chi connectivity index (χ4n) is 1.29. The van der Waals surface area contributed by atoms with Crippen molar-refractivity contribution in [2.75, 3.05) is 5.88 Å². The topological polar surface area (TPSA) is 44.0 Å². The summed E-state index contributed by atoms with van der Waals surface area (Å²) in [7, 11) is 0. The summed E-state index contributed by atoms with van der Waals surface area (Å²) in [6, 6.07) is 7.79. The van der Waals surface area contributed by atoms with Gasteiger partial charge in [0.25, 0.3) is 0 Å². The van der Waals surface area contributed by atoms with E-state index < -0.39 is 0 Å². The Morgan fingerprint density at radius 2 is 2.06 bits per heavy atom. The molecule has 0 radical (unpaired) electrons. The van der Waals surface area contributed by atoms with Crippen molar-refractivity contribution in [1.29, 1.82) is 5.26 Å². The highest BCUT2D eigenvalue weighted by molar-refractivity contribution is 6.17. The molecule has 0 fully saturated rings. The minimum Gasteiger partial charge on any atom is -0.508 e. The van der Waals surface area contributed by atoms with Crippen LogP contribution in [0.3, 0.4) is 0 Å². The Kier molecular flexibility index (Phi) is 8.27. The van der Waals surface area contributed by atoms with Gasteiger partial charge in [-0.1, -0.05) is 26.0 Å². The fraction of sp³-hybridized carbons (Fsp3) is 0.500. The second-order valence-corrected chi connectivity index (χ2v) is 4.55. The minimum absolute atomic E-state index is 0.399. The van der Waals surface area contributed by atoms with Crippen molar-refractivity contribution in [2.45, 2.75) is 39.5 Å². The molecule has 17 heavy (non-hydrogen) atoms. The molecule has 1 aromatic carbocycles. The van der Waals surface area contributed by atoms with Gasteiger partial charge in [0.1, 0.15) is 5.75 Å². The predicted octanol–water partition coefficient (Wildman–Crippen LogP) is 4.35. The summed E-state index contributed by atoms with van der Waals surface area (Å²) in [6.07, 6.45) is 1.40. The van der Waals surface area contributed by atoms with Gasteiger partial charge in [-0.15, -0.1) is 11.6 Å². The first-order valence-corrected chi connectivity index (χ1v) is 6.28. The molecule has 0 amide bonds. The predicted molar refractivity (Wildman–Crippen MR) is 72.5 cm³/mol. The smallest absolute Gasteiger partial charge is 0.119 e. The quantitative estimate of drug-likeness (QED) is 0.643. The Morgan fingerprint density at radius 3 is 2.41 bits per heavy atom. The van der Waals surface area contributed by atoms with Crippen molar-refractivity contribution >= 4 is 11.6 Å². The summed E-state index contributed by atoms with van der Waals surface area (Å²) in [5.41, 5.74) is 2.13. The lowest BCUT2D eigenvalue weighted by molar-refractivity contribution is 0.464. The maximum Gasteiger partial charge on any atom is 0.119 e. The van der Waals surface area contributed by atoms with Gasteiger partial charge < -0.3 is 5.11 Å². The number of unbranched alkanes of at least 4 members (excludes halogenated alkanes) is 1. The number of phenolic OH excluding ortho intramolecular Hbond substituents is 1. The number of nitrogens with zero attached hydrogens (tertiary/aromatic N) is 1. The van der Waals surface area contributed by atoms with Gasteiger partial charge in [0, 0.05) is 12.3 Å². The lowest BCUT2D eigenvalue weighted by atomic mass is 10.0. The van der Waals surface area contributed by atoms with Crippen LogP contribution in [0.15, 0.2) is 18.2 Å². The molecule has 1 aromatic rings. The number of halogens is 1. The van der Waals surface area contributed by atoms with E-state index in [1.165, 1.54) is 0 Å². The first kappa shape index (κ1) is 15.8. The van der Waals surface area contributed by atoms with Crippen LogP contribution in [0.2, 0.25) is 0 Å². The van der Waals surface area contributed by atoms with Crippen molar-refractivity contribution in [2.24, 2.45) is 0 Å². The zero-order valence-electron chi connectivity index (χ0n) is 10.7. The number of nitriles is 1. The first-order chi connectivity index (χ1) is 8.02. The molecule has 2 nitrogen and oxygen atoms in total. The molecular weight excluding hydrogens is 234 g/mol. The van der Waals surface area contributed by atoms with Crippen molar-refractivity contribution in [3.8, 4) is 11.8 Å². The van der Waals surface area contributed by atoms with Crippen molar-refractivity contribution in [1.82, 2.24) is 0 Å². The number of phenols is 1. The molecule has 1 N–H and O–H groups in total. The molecule has 0 heterocycles. The molecule has 1 rings (SSSR count). The molecule has 0 aliphatic rings. The third-order valence-corrected chi connectivity index (χ3v) is 2.50. The summed E-state index contributed by atoms with van der Waals surface area (Å²) in [5.74, 6) is 1.42. The molecule has 0 aromatic heterocycles. The highest BCUT2D eigenvalue weighted by Crippen LogP contribution is 2.25. The van der Waals surface area contributed by atoms with E-state index in [1.807, 2.05) is 25.1 Å².